The quantitative estimate of drug-likeness (QED) is 0.871. The lowest BCUT2D eigenvalue weighted by Gasteiger charge is -2.24. The minimum Gasteiger partial charge on any atom is -0.492 e. The Morgan fingerprint density at radius 2 is 1.96 bits per heavy atom. The number of halogens is 1. The molecule has 24 heavy (non-hydrogen) atoms. The van der Waals surface area contributed by atoms with Gasteiger partial charge in [0.25, 0.3) is 0 Å². The number of fused-ring (bicyclic) bond motifs is 1. The molecule has 1 amide bonds. The normalized spacial score (nSPS) is 15.5. The van der Waals surface area contributed by atoms with Crippen LogP contribution in [-0.2, 0) is 11.2 Å². The molecule has 3 N–H and O–H groups in total. The Labute approximate surface area is 147 Å². The minimum absolute atomic E-state index is 0. The van der Waals surface area contributed by atoms with Crippen LogP contribution < -0.4 is 20.5 Å². The Hall–Kier alpha value is -2.24. The summed E-state index contributed by atoms with van der Waals surface area (Å²) in [6.07, 6.45) is 0.694. The van der Waals surface area contributed by atoms with Gasteiger partial charge in [0, 0.05) is 12.2 Å². The average molecular weight is 349 g/mol. The Morgan fingerprint density at radius 1 is 1.21 bits per heavy atom. The highest BCUT2D eigenvalue weighted by Gasteiger charge is 2.25. The van der Waals surface area contributed by atoms with Gasteiger partial charge in [-0.25, -0.2) is 0 Å². The number of amides is 1. The van der Waals surface area contributed by atoms with Crippen molar-refractivity contribution in [3.63, 3.8) is 0 Å². The average Bonchev–Trinajstić information content (AvgIpc) is 2.60. The van der Waals surface area contributed by atoms with E-state index < -0.39 is 0 Å². The summed E-state index contributed by atoms with van der Waals surface area (Å²) in [5, 5.41) is 2.93. The maximum atomic E-state index is 12.4. The van der Waals surface area contributed by atoms with Crippen molar-refractivity contribution in [2.45, 2.75) is 6.42 Å². The summed E-state index contributed by atoms with van der Waals surface area (Å²) in [6, 6.07) is 15.1. The zero-order valence-corrected chi connectivity index (χ0v) is 14.1. The fourth-order valence-corrected chi connectivity index (χ4v) is 2.55. The SMILES string of the molecule is Cl.NCCOc1ccc(NC(=O)C2COc3ccccc3C2)cc1. The van der Waals surface area contributed by atoms with Gasteiger partial charge in [-0.05, 0) is 42.3 Å². The first-order chi connectivity index (χ1) is 11.3. The molecule has 6 heteroatoms. The van der Waals surface area contributed by atoms with Crippen LogP contribution >= 0.6 is 12.4 Å². The highest BCUT2D eigenvalue weighted by molar-refractivity contribution is 5.93. The number of nitrogens with two attached hydrogens (primary N) is 1. The van der Waals surface area contributed by atoms with Gasteiger partial charge in [-0.1, -0.05) is 18.2 Å². The van der Waals surface area contributed by atoms with Crippen molar-refractivity contribution in [1.82, 2.24) is 0 Å². The molecule has 0 bridgehead atoms. The van der Waals surface area contributed by atoms with Crippen LogP contribution in [0.4, 0.5) is 5.69 Å². The van der Waals surface area contributed by atoms with Crippen LogP contribution in [0.3, 0.4) is 0 Å². The molecular formula is C18H21ClN2O3. The zero-order valence-electron chi connectivity index (χ0n) is 13.2. The smallest absolute Gasteiger partial charge is 0.231 e. The van der Waals surface area contributed by atoms with Gasteiger partial charge in [0.15, 0.2) is 0 Å². The van der Waals surface area contributed by atoms with Gasteiger partial charge < -0.3 is 20.5 Å². The summed E-state index contributed by atoms with van der Waals surface area (Å²) in [5.41, 5.74) is 7.21. The largest absolute Gasteiger partial charge is 0.492 e. The number of carbonyl (C=O) groups is 1. The minimum atomic E-state index is -0.182. The number of carbonyl (C=O) groups excluding carboxylic acids is 1. The second-order valence-corrected chi connectivity index (χ2v) is 5.47. The van der Waals surface area contributed by atoms with Crippen molar-refractivity contribution >= 4 is 24.0 Å². The molecule has 2 aromatic rings. The first-order valence-electron chi connectivity index (χ1n) is 7.71. The van der Waals surface area contributed by atoms with Crippen molar-refractivity contribution < 1.29 is 14.3 Å². The summed E-state index contributed by atoms with van der Waals surface area (Å²) in [4.78, 5) is 12.4. The number of hydrogen-bond donors (Lipinski definition) is 2. The molecule has 3 rings (SSSR count). The first kappa shape index (κ1) is 18.1. The van der Waals surface area contributed by atoms with Gasteiger partial charge in [0.1, 0.15) is 24.7 Å². The molecule has 0 fully saturated rings. The molecule has 1 heterocycles. The summed E-state index contributed by atoms with van der Waals surface area (Å²) in [6.45, 7) is 1.35. The maximum absolute atomic E-state index is 12.4. The molecule has 1 atom stereocenters. The molecule has 0 radical (unpaired) electrons. The number of rotatable bonds is 5. The molecule has 1 aliphatic rings. The molecule has 128 valence electrons. The summed E-state index contributed by atoms with van der Waals surface area (Å²) in [5.74, 6) is 1.40. The number of benzene rings is 2. The monoisotopic (exact) mass is 348 g/mol. The Balaban J connectivity index is 0.00000208. The molecule has 0 saturated heterocycles. The van der Waals surface area contributed by atoms with Crippen molar-refractivity contribution in [3.8, 4) is 11.5 Å². The highest BCUT2D eigenvalue weighted by Crippen LogP contribution is 2.27. The number of anilines is 1. The van der Waals surface area contributed by atoms with Gasteiger partial charge >= 0.3 is 0 Å². The predicted molar refractivity (Wildman–Crippen MR) is 96.0 cm³/mol. The third-order valence-corrected chi connectivity index (χ3v) is 3.76. The van der Waals surface area contributed by atoms with Crippen LogP contribution in [0.15, 0.2) is 48.5 Å². The van der Waals surface area contributed by atoms with E-state index in [4.69, 9.17) is 15.2 Å². The van der Waals surface area contributed by atoms with E-state index in [-0.39, 0.29) is 24.2 Å². The van der Waals surface area contributed by atoms with Crippen LogP contribution in [0.5, 0.6) is 11.5 Å². The second kappa shape index (κ2) is 8.57. The van der Waals surface area contributed by atoms with E-state index in [0.29, 0.717) is 26.2 Å². The fraction of sp³-hybridized carbons (Fsp3) is 0.278. The summed E-state index contributed by atoms with van der Waals surface area (Å²) < 4.78 is 11.1. The van der Waals surface area contributed by atoms with Gasteiger partial charge in [-0.2, -0.15) is 0 Å². The van der Waals surface area contributed by atoms with E-state index >= 15 is 0 Å². The Bertz CT molecular complexity index is 676. The van der Waals surface area contributed by atoms with Crippen molar-refractivity contribution in [1.29, 1.82) is 0 Å². The molecule has 5 nitrogen and oxygen atoms in total. The van der Waals surface area contributed by atoms with Crippen LogP contribution in [0, 0.1) is 5.92 Å². The van der Waals surface area contributed by atoms with Crippen LogP contribution in [-0.4, -0.2) is 25.7 Å². The van der Waals surface area contributed by atoms with E-state index in [1.165, 1.54) is 0 Å². The van der Waals surface area contributed by atoms with E-state index in [2.05, 4.69) is 5.32 Å². The lowest BCUT2D eigenvalue weighted by molar-refractivity contribution is -0.121. The van der Waals surface area contributed by atoms with Crippen molar-refractivity contribution in [3.05, 3.63) is 54.1 Å². The van der Waals surface area contributed by atoms with E-state index in [0.717, 1.165) is 22.7 Å². The molecule has 2 aromatic carbocycles. The third-order valence-electron chi connectivity index (χ3n) is 3.76. The third kappa shape index (κ3) is 4.40. The summed E-state index contributed by atoms with van der Waals surface area (Å²) >= 11 is 0. The molecule has 0 spiro atoms. The van der Waals surface area contributed by atoms with Gasteiger partial charge in [0.05, 0.1) is 5.92 Å². The van der Waals surface area contributed by atoms with Gasteiger partial charge in [-0.15, -0.1) is 12.4 Å². The standard InChI is InChI=1S/C18H20N2O3.ClH/c19-9-10-22-16-7-5-15(6-8-16)20-18(21)14-11-13-3-1-2-4-17(13)23-12-14;/h1-8,14H,9-12,19H2,(H,20,21);1H. The molecule has 1 aliphatic heterocycles. The number of para-hydroxylation sites is 1. The molecular weight excluding hydrogens is 328 g/mol. The topological polar surface area (TPSA) is 73.6 Å². The van der Waals surface area contributed by atoms with Gasteiger partial charge in [-0.3, -0.25) is 4.79 Å². The number of ether oxygens (including phenoxy) is 2. The van der Waals surface area contributed by atoms with Crippen LogP contribution in [0.1, 0.15) is 5.56 Å². The predicted octanol–water partition coefficient (Wildman–Crippen LogP) is 2.64. The Morgan fingerprint density at radius 3 is 2.71 bits per heavy atom. The van der Waals surface area contributed by atoms with Crippen LogP contribution in [0.25, 0.3) is 0 Å². The number of hydrogen-bond acceptors (Lipinski definition) is 4. The zero-order chi connectivity index (χ0) is 16.1. The number of nitrogens with one attached hydrogen (secondary N) is 1. The van der Waals surface area contributed by atoms with Crippen molar-refractivity contribution in [2.24, 2.45) is 11.7 Å². The second-order valence-electron chi connectivity index (χ2n) is 5.47. The molecule has 0 saturated carbocycles. The first-order valence-corrected chi connectivity index (χ1v) is 7.71. The summed E-state index contributed by atoms with van der Waals surface area (Å²) in [7, 11) is 0. The lowest BCUT2D eigenvalue weighted by atomic mass is 9.96. The molecule has 0 aliphatic carbocycles. The van der Waals surface area contributed by atoms with E-state index in [1.54, 1.807) is 0 Å². The van der Waals surface area contributed by atoms with Gasteiger partial charge in [0.2, 0.25) is 5.91 Å². The lowest BCUT2D eigenvalue weighted by Crippen LogP contribution is -2.32. The fourth-order valence-electron chi connectivity index (χ4n) is 2.55. The Kier molecular flexibility index (Phi) is 6.46. The highest BCUT2D eigenvalue weighted by atomic mass is 35.5. The van der Waals surface area contributed by atoms with E-state index in [1.807, 2.05) is 48.5 Å². The molecule has 1 unspecified atom stereocenters. The van der Waals surface area contributed by atoms with E-state index in [9.17, 15) is 4.79 Å². The van der Waals surface area contributed by atoms with Crippen molar-refractivity contribution in [2.75, 3.05) is 25.1 Å². The molecule has 0 aromatic heterocycles. The van der Waals surface area contributed by atoms with Crippen LogP contribution in [0.2, 0.25) is 0 Å². The maximum Gasteiger partial charge on any atom is 0.231 e.